The van der Waals surface area contributed by atoms with Crippen LogP contribution < -0.4 is 0 Å². The Kier molecular flexibility index (Phi) is 4.56. The first kappa shape index (κ1) is 15.8. The molecule has 0 amide bonds. The van der Waals surface area contributed by atoms with Crippen molar-refractivity contribution in [2.75, 3.05) is 0 Å². The lowest BCUT2D eigenvalue weighted by Crippen LogP contribution is -1.98. The van der Waals surface area contributed by atoms with Crippen LogP contribution in [0.2, 0.25) is 0 Å². The minimum absolute atomic E-state index is 1.09. The molecule has 4 nitrogen and oxygen atoms in total. The van der Waals surface area contributed by atoms with Gasteiger partial charge < -0.3 is 0 Å². The number of hydrogen-bond acceptors (Lipinski definition) is 4. The van der Waals surface area contributed by atoms with Crippen LogP contribution in [0.4, 0.5) is 0 Å². The van der Waals surface area contributed by atoms with Gasteiger partial charge in [-0.2, -0.15) is 0 Å². The lowest BCUT2D eigenvalue weighted by molar-refractivity contribution is 1.28. The average Bonchev–Trinajstić information content (AvgIpc) is 2.74. The van der Waals surface area contributed by atoms with Crippen molar-refractivity contribution in [3.8, 4) is 0 Å². The fraction of sp³-hybridized carbons (Fsp3) is 0. The van der Waals surface area contributed by atoms with Crippen molar-refractivity contribution >= 4 is 11.1 Å². The van der Waals surface area contributed by atoms with Gasteiger partial charge in [-0.15, -0.1) is 0 Å². The summed E-state index contributed by atoms with van der Waals surface area (Å²) in [4.78, 5) is 16.7. The van der Waals surface area contributed by atoms with Gasteiger partial charge >= 0.3 is 0 Å². The summed E-state index contributed by atoms with van der Waals surface area (Å²) in [5.41, 5.74) is 6.61. The molecule has 4 rings (SSSR count). The third-order valence-corrected chi connectivity index (χ3v) is 4.13. The molecule has 0 atom stereocenters. The Balaban J connectivity index is 2.09. The van der Waals surface area contributed by atoms with Crippen LogP contribution in [0.15, 0.2) is 98.1 Å². The van der Waals surface area contributed by atoms with Crippen LogP contribution in [0.1, 0.15) is 22.3 Å². The van der Waals surface area contributed by atoms with Crippen molar-refractivity contribution in [1.82, 2.24) is 19.9 Å². The fourth-order valence-corrected chi connectivity index (χ4v) is 2.99. The molecule has 0 aliphatic rings. The van der Waals surface area contributed by atoms with E-state index in [2.05, 4.69) is 19.9 Å². The quantitative estimate of drug-likeness (QED) is 0.558. The van der Waals surface area contributed by atoms with Crippen LogP contribution in [0.3, 0.4) is 0 Å². The molecule has 0 saturated carbocycles. The number of pyridine rings is 4. The molecule has 0 aliphatic carbocycles. The highest BCUT2D eigenvalue weighted by Gasteiger charge is 2.15. The van der Waals surface area contributed by atoms with E-state index in [1.807, 2.05) is 98.1 Å². The Morgan fingerprint density at radius 3 is 0.731 bits per heavy atom. The van der Waals surface area contributed by atoms with Crippen LogP contribution in [-0.2, 0) is 0 Å². The second-order valence-corrected chi connectivity index (χ2v) is 5.69. The molecular formula is C22H16N4. The largest absolute Gasteiger partial charge is 0.265 e. The zero-order valence-electron chi connectivity index (χ0n) is 14.0. The zero-order chi connectivity index (χ0) is 17.6. The van der Waals surface area contributed by atoms with Crippen molar-refractivity contribution in [3.05, 3.63) is 120 Å². The van der Waals surface area contributed by atoms with Crippen LogP contribution >= 0.6 is 0 Å². The average molecular weight is 336 g/mol. The van der Waals surface area contributed by atoms with Gasteiger partial charge in [0.25, 0.3) is 0 Å². The van der Waals surface area contributed by atoms with Gasteiger partial charge in [-0.25, -0.2) is 0 Å². The zero-order valence-corrected chi connectivity index (χ0v) is 14.0. The first-order valence-electron chi connectivity index (χ1n) is 8.29. The molecule has 4 heteroatoms. The summed E-state index contributed by atoms with van der Waals surface area (Å²) in [6.45, 7) is 0. The number of hydrogen-bond donors (Lipinski definition) is 0. The summed E-state index contributed by atoms with van der Waals surface area (Å²) >= 11 is 0. The Labute approximate surface area is 152 Å². The first-order valence-corrected chi connectivity index (χ1v) is 8.29. The van der Waals surface area contributed by atoms with E-state index in [0.29, 0.717) is 0 Å². The van der Waals surface area contributed by atoms with Crippen molar-refractivity contribution in [3.63, 3.8) is 0 Å². The van der Waals surface area contributed by atoms with Gasteiger partial charge in [-0.1, -0.05) is 0 Å². The molecular weight excluding hydrogens is 320 g/mol. The minimum Gasteiger partial charge on any atom is -0.265 e. The van der Waals surface area contributed by atoms with Gasteiger partial charge in [0.05, 0.1) is 0 Å². The highest BCUT2D eigenvalue weighted by Crippen LogP contribution is 2.35. The van der Waals surface area contributed by atoms with Gasteiger partial charge in [0.1, 0.15) is 0 Å². The van der Waals surface area contributed by atoms with Gasteiger partial charge in [0.15, 0.2) is 0 Å². The second kappa shape index (κ2) is 7.49. The molecule has 0 radical (unpaired) electrons. The second-order valence-electron chi connectivity index (χ2n) is 5.69. The molecule has 0 unspecified atom stereocenters. The monoisotopic (exact) mass is 336 g/mol. The summed E-state index contributed by atoms with van der Waals surface area (Å²) in [6.07, 6.45) is 14.5. The molecule has 124 valence electrons. The molecule has 0 aromatic carbocycles. The molecule has 4 heterocycles. The Hall–Kier alpha value is -3.66. The maximum absolute atomic E-state index is 4.17. The maximum atomic E-state index is 4.17. The highest BCUT2D eigenvalue weighted by molar-refractivity contribution is 6.04. The van der Waals surface area contributed by atoms with E-state index < -0.39 is 0 Å². The Morgan fingerprint density at radius 1 is 0.346 bits per heavy atom. The lowest BCUT2D eigenvalue weighted by Gasteiger charge is -2.17. The van der Waals surface area contributed by atoms with Crippen LogP contribution in [0, 0.1) is 0 Å². The lowest BCUT2D eigenvalue weighted by atomic mass is 9.87. The van der Waals surface area contributed by atoms with Gasteiger partial charge in [-0.3, -0.25) is 19.9 Å². The van der Waals surface area contributed by atoms with Gasteiger partial charge in [0, 0.05) is 49.6 Å². The predicted octanol–water partition coefficient (Wildman–Crippen LogP) is 4.27. The van der Waals surface area contributed by atoms with E-state index in [-0.39, 0.29) is 0 Å². The number of aromatic nitrogens is 4. The maximum Gasteiger partial charge on any atom is 0.0273 e. The van der Waals surface area contributed by atoms with Crippen LogP contribution in [-0.4, -0.2) is 19.9 Å². The first-order chi connectivity index (χ1) is 12.9. The van der Waals surface area contributed by atoms with E-state index in [9.17, 15) is 0 Å². The van der Waals surface area contributed by atoms with E-state index >= 15 is 0 Å². The Morgan fingerprint density at radius 2 is 0.538 bits per heavy atom. The summed E-state index contributed by atoms with van der Waals surface area (Å²) in [5.74, 6) is 0. The van der Waals surface area contributed by atoms with Gasteiger partial charge in [0.2, 0.25) is 0 Å². The van der Waals surface area contributed by atoms with Crippen molar-refractivity contribution in [2.24, 2.45) is 0 Å². The molecule has 0 spiro atoms. The van der Waals surface area contributed by atoms with E-state index in [1.54, 1.807) is 0 Å². The van der Waals surface area contributed by atoms with Crippen LogP contribution in [0.25, 0.3) is 11.1 Å². The number of nitrogens with zero attached hydrogens (tertiary/aromatic N) is 4. The third-order valence-electron chi connectivity index (χ3n) is 4.13. The molecule has 26 heavy (non-hydrogen) atoms. The molecule has 4 aromatic rings. The van der Waals surface area contributed by atoms with Crippen molar-refractivity contribution in [2.45, 2.75) is 0 Å². The summed E-state index contributed by atoms with van der Waals surface area (Å²) < 4.78 is 0. The molecule has 0 bridgehead atoms. The standard InChI is InChI=1S/C22H16N4/c1-9-23-10-2-17(1)21(18-3-11-24-12-4-18)22(19-5-13-25-14-6-19)20-7-15-26-16-8-20/h1-16H. The third kappa shape index (κ3) is 3.26. The SMILES string of the molecule is c1cc(C(=C(c2ccncc2)c2ccncc2)c2ccncc2)ccn1. The fourth-order valence-electron chi connectivity index (χ4n) is 2.99. The molecule has 0 saturated heterocycles. The molecule has 0 N–H and O–H groups in total. The molecule has 0 aliphatic heterocycles. The minimum atomic E-state index is 1.09. The molecule has 4 aromatic heterocycles. The normalized spacial score (nSPS) is 10.3. The van der Waals surface area contributed by atoms with E-state index in [0.717, 1.165) is 33.4 Å². The van der Waals surface area contributed by atoms with Crippen molar-refractivity contribution in [1.29, 1.82) is 0 Å². The van der Waals surface area contributed by atoms with Gasteiger partial charge in [-0.05, 0) is 81.9 Å². The predicted molar refractivity (Wildman–Crippen MR) is 102 cm³/mol. The van der Waals surface area contributed by atoms with E-state index in [1.165, 1.54) is 0 Å². The molecule has 0 fully saturated rings. The van der Waals surface area contributed by atoms with Crippen molar-refractivity contribution < 1.29 is 0 Å². The highest BCUT2D eigenvalue weighted by atomic mass is 14.6. The summed E-state index contributed by atoms with van der Waals surface area (Å²) in [6, 6.07) is 16.2. The summed E-state index contributed by atoms with van der Waals surface area (Å²) in [7, 11) is 0. The number of rotatable bonds is 4. The summed E-state index contributed by atoms with van der Waals surface area (Å²) in [5, 5.41) is 0. The Bertz CT molecular complexity index is 831. The topological polar surface area (TPSA) is 51.6 Å². The van der Waals surface area contributed by atoms with Crippen LogP contribution in [0.5, 0.6) is 0 Å². The van der Waals surface area contributed by atoms with E-state index in [4.69, 9.17) is 0 Å². The smallest absolute Gasteiger partial charge is 0.0273 e.